The molecule has 0 bridgehead atoms. The summed E-state index contributed by atoms with van der Waals surface area (Å²) < 4.78 is 182. The van der Waals surface area contributed by atoms with Crippen molar-refractivity contribution in [3.8, 4) is 0 Å². The van der Waals surface area contributed by atoms with Crippen molar-refractivity contribution in [2.24, 2.45) is 0 Å². The lowest BCUT2D eigenvalue weighted by molar-refractivity contribution is -0.368. The molecule has 0 spiro atoms. The lowest BCUT2D eigenvalue weighted by Gasteiger charge is -2.50. The third-order valence-electron chi connectivity index (χ3n) is 14.5. The number of nitrogens with one attached hydrogen (secondary N) is 3. The maximum absolute atomic E-state index is 13.1. The zero-order chi connectivity index (χ0) is 66.6. The summed E-state index contributed by atoms with van der Waals surface area (Å²) in [6.07, 6.45) is -2.92. The molecule has 0 aromatic carbocycles. The summed E-state index contributed by atoms with van der Waals surface area (Å²) in [6.45, 7) is 16.0. The van der Waals surface area contributed by atoms with Crippen LogP contribution in [0.2, 0.25) is 0 Å². The first-order valence-electron chi connectivity index (χ1n) is 30.6. The van der Waals surface area contributed by atoms with Gasteiger partial charge in [0.05, 0.1) is 38.6 Å². The second-order valence-electron chi connectivity index (χ2n) is 22.8. The van der Waals surface area contributed by atoms with E-state index in [0.29, 0.717) is 13.0 Å². The number of carbonyl (C=O) groups excluding carboxylic acids is 3. The molecule has 5 aliphatic heterocycles. The maximum atomic E-state index is 13.1. The molecule has 21 nitrogen and oxygen atoms in total. The molecule has 15 atom stereocenters. The van der Waals surface area contributed by atoms with Crippen molar-refractivity contribution in [2.75, 3.05) is 33.0 Å². The van der Waals surface area contributed by atoms with Gasteiger partial charge in [0.15, 0.2) is 11.6 Å². The van der Waals surface area contributed by atoms with Crippen LogP contribution in [0.3, 0.4) is 0 Å². The Morgan fingerprint density at radius 2 is 0.831 bits per heavy atom. The fourth-order valence-electron chi connectivity index (χ4n) is 10.0. The van der Waals surface area contributed by atoms with E-state index in [0.717, 1.165) is 44.9 Å². The molecule has 0 unspecified atom stereocenters. The van der Waals surface area contributed by atoms with Crippen molar-refractivity contribution < 1.29 is 126 Å². The van der Waals surface area contributed by atoms with E-state index in [9.17, 15) is 69.2 Å². The van der Waals surface area contributed by atoms with Crippen LogP contribution < -0.4 is 16.0 Å². The summed E-state index contributed by atoms with van der Waals surface area (Å²) in [6, 6.07) is -4.11. The van der Waals surface area contributed by atoms with E-state index >= 15 is 0 Å². The van der Waals surface area contributed by atoms with E-state index in [1.165, 1.54) is 82.3 Å². The molecule has 5 saturated heterocycles. The molecule has 5 fully saturated rings. The summed E-state index contributed by atoms with van der Waals surface area (Å²) >= 11 is 0. The first-order chi connectivity index (χ1) is 41.9. The number of ether oxygens (including phenoxy) is 12. The standard InChI is InChI=1S/C24H40F3NO6.C21H36F3NO6.C14H20F3NO6/c1-5-7-8-9-10-11-12-13-15-30-20-18(28-22(29)24(25,26)27)21(31-14-6-2)33-17-16-32-23(3,4)34-19(17)20;1-3-5-6-7-8-9-10-11-13-29-18-16(25-20(28)21(22,23)24)19(30-12-4-2)31-15(14-26)17(18)27;1-4-5-21-11-8(18-12(20)14(15,16)17)9(19)10-7(23-11)6-22-13(2,3)24-10/h6,14,17-21H,5,7-13,15-16H2,1-4H3,(H,28,29);4,12,15-19,26-27H,3,5-11,13-14H2,1-2H3,(H,25,28);4-5,7-11,19H,6H2,1-3H3,(H,18,20)/b14-6-;12-4-;5-4-/t17-,18-,19-,20-,21+;15-,16-,17-,18-,19+;7-,8-,9-,10-,11+/m111/s1. The van der Waals surface area contributed by atoms with Crippen LogP contribution >= 0.6 is 0 Å². The highest BCUT2D eigenvalue weighted by molar-refractivity contribution is 5.83. The molecule has 3 amide bonds. The number of amides is 3. The summed E-state index contributed by atoms with van der Waals surface area (Å²) in [5.74, 6) is -8.48. The minimum atomic E-state index is -5.12. The molecule has 0 aliphatic carbocycles. The molecule has 0 aromatic heterocycles. The predicted octanol–water partition coefficient (Wildman–Crippen LogP) is 8.99. The van der Waals surface area contributed by atoms with Crippen molar-refractivity contribution in [1.29, 1.82) is 0 Å². The minimum absolute atomic E-state index is 0.0599. The van der Waals surface area contributed by atoms with Crippen molar-refractivity contribution >= 4 is 17.7 Å². The van der Waals surface area contributed by atoms with Gasteiger partial charge in [-0.1, -0.05) is 122 Å². The second-order valence-corrected chi connectivity index (χ2v) is 22.8. The number of allylic oxidation sites excluding steroid dienone is 3. The van der Waals surface area contributed by atoms with Gasteiger partial charge in [-0.3, -0.25) is 14.4 Å². The highest BCUT2D eigenvalue weighted by atomic mass is 19.4. The van der Waals surface area contributed by atoms with Gasteiger partial charge in [-0.05, 0) is 61.3 Å². The summed E-state index contributed by atoms with van der Waals surface area (Å²) in [5.41, 5.74) is 0. The van der Waals surface area contributed by atoms with Crippen molar-refractivity contribution in [2.45, 2.75) is 287 Å². The number of aliphatic hydroxyl groups excluding tert-OH is 3. The van der Waals surface area contributed by atoms with Crippen molar-refractivity contribution in [3.05, 3.63) is 37.0 Å². The Morgan fingerprint density at radius 1 is 0.494 bits per heavy atom. The topological polar surface area (TPSA) is 259 Å². The van der Waals surface area contributed by atoms with Crippen LogP contribution in [0.25, 0.3) is 0 Å². The first kappa shape index (κ1) is 79.2. The number of carbonyl (C=O) groups is 3. The first-order valence-corrected chi connectivity index (χ1v) is 30.6. The average molecular weight is 1310 g/mol. The smallest absolute Gasteiger partial charge is 0.471 e. The summed E-state index contributed by atoms with van der Waals surface area (Å²) in [7, 11) is 0. The van der Waals surface area contributed by atoms with E-state index in [2.05, 4.69) is 13.8 Å². The number of unbranched alkanes of at least 4 members (excludes halogenated alkanes) is 14. The van der Waals surface area contributed by atoms with E-state index in [1.54, 1.807) is 59.9 Å². The number of hydrogen-bond donors (Lipinski definition) is 6. The molecule has 518 valence electrons. The lowest BCUT2D eigenvalue weighted by atomic mass is 9.95. The Kier molecular flexibility index (Phi) is 34.5. The molecule has 5 heterocycles. The molecule has 89 heavy (non-hydrogen) atoms. The van der Waals surface area contributed by atoms with Gasteiger partial charge in [0.2, 0.25) is 18.9 Å². The molecular formula is C59H96F9N3O18. The Morgan fingerprint density at radius 3 is 1.22 bits per heavy atom. The molecule has 5 aliphatic rings. The maximum Gasteiger partial charge on any atom is 0.471 e. The fourth-order valence-corrected chi connectivity index (χ4v) is 10.0. The highest BCUT2D eigenvalue weighted by Gasteiger charge is 2.57. The van der Waals surface area contributed by atoms with Gasteiger partial charge < -0.3 is 88.1 Å². The van der Waals surface area contributed by atoms with Crippen LogP contribution in [-0.2, 0) is 71.2 Å². The van der Waals surface area contributed by atoms with E-state index < -0.39 is 146 Å². The monoisotopic (exact) mass is 1310 g/mol. The van der Waals surface area contributed by atoms with Gasteiger partial charge in [0, 0.05) is 13.2 Å². The Bertz CT molecular complexity index is 2130. The van der Waals surface area contributed by atoms with Crippen LogP contribution in [0, 0.1) is 0 Å². The van der Waals surface area contributed by atoms with Gasteiger partial charge in [0.25, 0.3) is 0 Å². The van der Waals surface area contributed by atoms with E-state index in [1.807, 2.05) is 10.6 Å². The van der Waals surface area contributed by atoms with Crippen LogP contribution in [0.15, 0.2) is 37.0 Å². The lowest BCUT2D eigenvalue weighted by Crippen LogP contribution is -2.69. The minimum Gasteiger partial charge on any atom is -0.471 e. The fraction of sp³-hybridized carbons (Fsp3) is 0.847. The highest BCUT2D eigenvalue weighted by Crippen LogP contribution is 2.37. The number of rotatable bonds is 30. The summed E-state index contributed by atoms with van der Waals surface area (Å²) in [4.78, 5) is 34.6. The largest absolute Gasteiger partial charge is 0.471 e. The molecule has 0 aromatic rings. The van der Waals surface area contributed by atoms with Crippen LogP contribution in [0.5, 0.6) is 0 Å². The molecule has 30 heteroatoms. The van der Waals surface area contributed by atoms with E-state index in [-0.39, 0.29) is 19.8 Å². The number of alkyl halides is 9. The summed E-state index contributed by atoms with van der Waals surface area (Å²) in [5, 5.41) is 35.9. The Balaban J connectivity index is 0.000000354. The molecular weight excluding hydrogens is 1210 g/mol. The van der Waals surface area contributed by atoms with Gasteiger partial charge in [0.1, 0.15) is 73.1 Å². The van der Waals surface area contributed by atoms with Crippen LogP contribution in [0.1, 0.15) is 165 Å². The number of fused-ring (bicyclic) bond motifs is 2. The van der Waals surface area contributed by atoms with Crippen molar-refractivity contribution in [3.63, 3.8) is 0 Å². The third-order valence-corrected chi connectivity index (χ3v) is 14.5. The normalized spacial score (nSPS) is 30.2. The molecule has 0 radical (unpaired) electrons. The van der Waals surface area contributed by atoms with Crippen molar-refractivity contribution in [1.82, 2.24) is 16.0 Å². The van der Waals surface area contributed by atoms with Crippen LogP contribution in [0.4, 0.5) is 39.5 Å². The van der Waals surface area contributed by atoms with Gasteiger partial charge in [-0.2, -0.15) is 39.5 Å². The van der Waals surface area contributed by atoms with Gasteiger partial charge >= 0.3 is 36.3 Å². The SMILES string of the molecule is C/C=C\O[C@H]1O[C@@H]2COC(C)(C)O[C@H]2[C@H](O)[C@H]1NC(=O)C(F)(F)F.C/C=C\O[C@H]1O[C@@H]2COC(C)(C)O[C@H]2[C@H](OCCCCCCCCCC)[C@H]1NC(=O)C(F)(F)F.C/C=C\O[C@H]1O[C@H](CO)[C@@H](O)[C@H](OCCCCCCCCCC)[C@H]1NC(=O)C(F)(F)F. The van der Waals surface area contributed by atoms with Gasteiger partial charge in [-0.25, -0.2) is 0 Å². The number of hydrogen-bond acceptors (Lipinski definition) is 18. The number of halogens is 9. The zero-order valence-electron chi connectivity index (χ0n) is 52.3. The zero-order valence-corrected chi connectivity index (χ0v) is 52.3. The Labute approximate surface area is 515 Å². The quantitative estimate of drug-likeness (QED) is 0.0223. The molecule has 0 saturated carbocycles. The third kappa shape index (κ3) is 27.2. The molecule has 5 rings (SSSR count). The number of aliphatic hydroxyl groups is 3. The van der Waals surface area contributed by atoms with Gasteiger partial charge in [-0.15, -0.1) is 0 Å². The average Bonchev–Trinajstić information content (AvgIpc) is 2.06. The predicted molar refractivity (Wildman–Crippen MR) is 301 cm³/mol. The Hall–Kier alpha value is -4.08. The molecule has 6 N–H and O–H groups in total. The van der Waals surface area contributed by atoms with Crippen LogP contribution in [-0.4, -0.2) is 188 Å². The van der Waals surface area contributed by atoms with E-state index in [4.69, 9.17) is 56.8 Å². The second kappa shape index (κ2) is 38.8.